The van der Waals surface area contributed by atoms with E-state index in [-0.39, 0.29) is 5.92 Å². The van der Waals surface area contributed by atoms with Crippen molar-refractivity contribution in [2.75, 3.05) is 20.3 Å². The van der Waals surface area contributed by atoms with E-state index in [4.69, 9.17) is 9.47 Å². The molecule has 0 amide bonds. The van der Waals surface area contributed by atoms with E-state index in [1.807, 2.05) is 18.2 Å². The fraction of sp³-hybridized carbons (Fsp3) is 0.500. The van der Waals surface area contributed by atoms with Gasteiger partial charge in [-0.3, -0.25) is 0 Å². The van der Waals surface area contributed by atoms with E-state index in [1.165, 1.54) is 0 Å². The molecule has 2 unspecified atom stereocenters. The average Bonchev–Trinajstić information content (AvgIpc) is 2.81. The van der Waals surface area contributed by atoms with Gasteiger partial charge in [0.05, 0.1) is 19.8 Å². The number of rotatable bonds is 3. The van der Waals surface area contributed by atoms with Crippen molar-refractivity contribution in [2.45, 2.75) is 12.5 Å². The molecule has 4 heteroatoms. The summed E-state index contributed by atoms with van der Waals surface area (Å²) in [6.07, 6.45) is 0.447. The first-order chi connectivity index (χ1) is 7.72. The first-order valence-electron chi connectivity index (χ1n) is 5.31. The Morgan fingerprint density at radius 3 is 2.94 bits per heavy atom. The van der Waals surface area contributed by atoms with Crippen LogP contribution in [0, 0.1) is 5.92 Å². The normalized spacial score (nSPS) is 22.1. The van der Waals surface area contributed by atoms with Gasteiger partial charge in [-0.1, -0.05) is 22.0 Å². The van der Waals surface area contributed by atoms with Gasteiger partial charge in [0.15, 0.2) is 0 Å². The van der Waals surface area contributed by atoms with E-state index in [2.05, 4.69) is 15.9 Å². The van der Waals surface area contributed by atoms with Crippen LogP contribution in [-0.4, -0.2) is 25.4 Å². The van der Waals surface area contributed by atoms with Crippen molar-refractivity contribution in [3.05, 3.63) is 28.2 Å². The van der Waals surface area contributed by atoms with E-state index in [0.717, 1.165) is 28.8 Å². The lowest BCUT2D eigenvalue weighted by Gasteiger charge is -2.18. The highest BCUT2D eigenvalue weighted by molar-refractivity contribution is 9.10. The van der Waals surface area contributed by atoms with Gasteiger partial charge in [-0.2, -0.15) is 0 Å². The summed E-state index contributed by atoms with van der Waals surface area (Å²) in [6.45, 7) is 1.38. The fourth-order valence-corrected chi connectivity index (χ4v) is 2.52. The number of benzene rings is 1. The molecule has 1 N–H and O–H groups in total. The summed E-state index contributed by atoms with van der Waals surface area (Å²) < 4.78 is 11.3. The van der Waals surface area contributed by atoms with Crippen molar-refractivity contribution in [2.24, 2.45) is 5.92 Å². The lowest BCUT2D eigenvalue weighted by molar-refractivity contribution is 0.0912. The average molecular weight is 287 g/mol. The van der Waals surface area contributed by atoms with Crippen LogP contribution in [0.3, 0.4) is 0 Å². The van der Waals surface area contributed by atoms with Crippen LogP contribution in [0.25, 0.3) is 0 Å². The molecule has 1 aliphatic rings. The molecule has 88 valence electrons. The highest BCUT2D eigenvalue weighted by atomic mass is 79.9. The Bertz CT molecular complexity index is 361. The van der Waals surface area contributed by atoms with Crippen LogP contribution < -0.4 is 4.74 Å². The van der Waals surface area contributed by atoms with Crippen LogP contribution in [-0.2, 0) is 4.74 Å². The molecule has 0 radical (unpaired) electrons. The molecular formula is C12H15BrO3. The molecule has 16 heavy (non-hydrogen) atoms. The zero-order chi connectivity index (χ0) is 11.5. The van der Waals surface area contributed by atoms with E-state index >= 15 is 0 Å². The Labute approximate surface area is 104 Å². The van der Waals surface area contributed by atoms with Gasteiger partial charge in [0.2, 0.25) is 0 Å². The first kappa shape index (κ1) is 11.9. The van der Waals surface area contributed by atoms with Gasteiger partial charge < -0.3 is 14.6 Å². The summed E-state index contributed by atoms with van der Waals surface area (Å²) in [5, 5.41) is 10.2. The molecule has 3 nitrogen and oxygen atoms in total. The first-order valence-corrected chi connectivity index (χ1v) is 6.11. The second-order valence-corrected chi connectivity index (χ2v) is 4.81. The molecule has 1 heterocycles. The molecule has 1 aromatic carbocycles. The zero-order valence-corrected chi connectivity index (χ0v) is 10.7. The predicted octanol–water partition coefficient (Wildman–Crippen LogP) is 2.53. The topological polar surface area (TPSA) is 38.7 Å². The molecule has 1 aromatic rings. The quantitative estimate of drug-likeness (QED) is 0.928. The smallest absolute Gasteiger partial charge is 0.120 e. The lowest BCUT2D eigenvalue weighted by Crippen LogP contribution is -2.12. The number of hydrogen-bond acceptors (Lipinski definition) is 3. The predicted molar refractivity (Wildman–Crippen MR) is 64.6 cm³/mol. The van der Waals surface area contributed by atoms with Crippen LogP contribution in [0.5, 0.6) is 5.75 Å². The summed E-state index contributed by atoms with van der Waals surface area (Å²) >= 11 is 3.45. The fourth-order valence-electron chi connectivity index (χ4n) is 1.93. The Morgan fingerprint density at radius 2 is 2.38 bits per heavy atom. The Kier molecular flexibility index (Phi) is 3.84. The lowest BCUT2D eigenvalue weighted by atomic mass is 9.95. The van der Waals surface area contributed by atoms with Crippen molar-refractivity contribution < 1.29 is 14.6 Å². The molecule has 0 aliphatic carbocycles. The van der Waals surface area contributed by atoms with Gasteiger partial charge in [-0.15, -0.1) is 0 Å². The Morgan fingerprint density at radius 1 is 1.56 bits per heavy atom. The minimum Gasteiger partial charge on any atom is -0.497 e. The van der Waals surface area contributed by atoms with Gasteiger partial charge in [0.25, 0.3) is 0 Å². The number of methoxy groups -OCH3 is 1. The summed E-state index contributed by atoms with van der Waals surface area (Å²) in [5.41, 5.74) is 0.899. The van der Waals surface area contributed by atoms with Gasteiger partial charge in [0, 0.05) is 17.0 Å². The maximum atomic E-state index is 10.2. The third-order valence-electron chi connectivity index (χ3n) is 2.94. The highest BCUT2D eigenvalue weighted by Gasteiger charge is 2.26. The molecule has 1 fully saturated rings. The van der Waals surface area contributed by atoms with Crippen molar-refractivity contribution in [1.29, 1.82) is 0 Å². The van der Waals surface area contributed by atoms with Crippen molar-refractivity contribution >= 4 is 15.9 Å². The van der Waals surface area contributed by atoms with Crippen LogP contribution in [0.4, 0.5) is 0 Å². The SMILES string of the molecule is COc1ccc(C(O)C2CCOC2)c(Br)c1. The number of halogens is 1. The molecule has 0 spiro atoms. The molecule has 2 atom stereocenters. The monoisotopic (exact) mass is 286 g/mol. The second-order valence-electron chi connectivity index (χ2n) is 3.96. The summed E-state index contributed by atoms with van der Waals surface area (Å²) in [4.78, 5) is 0. The molecule has 1 aliphatic heterocycles. The van der Waals surface area contributed by atoms with Crippen molar-refractivity contribution in [3.63, 3.8) is 0 Å². The zero-order valence-electron chi connectivity index (χ0n) is 9.15. The highest BCUT2D eigenvalue weighted by Crippen LogP contribution is 2.34. The maximum Gasteiger partial charge on any atom is 0.120 e. The minimum absolute atomic E-state index is 0.199. The van der Waals surface area contributed by atoms with Gasteiger partial charge in [-0.05, 0) is 24.1 Å². The summed E-state index contributed by atoms with van der Waals surface area (Å²) in [6, 6.07) is 5.62. The molecule has 0 bridgehead atoms. The molecule has 2 rings (SSSR count). The third-order valence-corrected chi connectivity index (χ3v) is 3.62. The van der Waals surface area contributed by atoms with E-state index in [9.17, 15) is 5.11 Å². The van der Waals surface area contributed by atoms with E-state index < -0.39 is 6.10 Å². The van der Waals surface area contributed by atoms with Gasteiger partial charge >= 0.3 is 0 Å². The Hall–Kier alpha value is -0.580. The number of aliphatic hydroxyl groups is 1. The largest absolute Gasteiger partial charge is 0.497 e. The van der Waals surface area contributed by atoms with Crippen LogP contribution in [0.1, 0.15) is 18.1 Å². The molecule has 0 saturated carbocycles. The van der Waals surface area contributed by atoms with E-state index in [1.54, 1.807) is 7.11 Å². The minimum atomic E-state index is -0.470. The van der Waals surface area contributed by atoms with Crippen LogP contribution in [0.2, 0.25) is 0 Å². The molecule has 1 saturated heterocycles. The van der Waals surface area contributed by atoms with Crippen LogP contribution >= 0.6 is 15.9 Å². The summed E-state index contributed by atoms with van der Waals surface area (Å²) in [7, 11) is 1.63. The van der Waals surface area contributed by atoms with Gasteiger partial charge in [0.1, 0.15) is 5.75 Å². The Balaban J connectivity index is 2.19. The summed E-state index contributed by atoms with van der Waals surface area (Å²) in [5.74, 6) is 0.982. The maximum absolute atomic E-state index is 10.2. The number of aliphatic hydroxyl groups excluding tert-OH is 1. The van der Waals surface area contributed by atoms with Crippen LogP contribution in [0.15, 0.2) is 22.7 Å². The number of ether oxygens (including phenoxy) is 2. The van der Waals surface area contributed by atoms with Gasteiger partial charge in [-0.25, -0.2) is 0 Å². The standard InChI is InChI=1S/C12H15BrO3/c1-15-9-2-3-10(11(13)6-9)12(14)8-4-5-16-7-8/h2-3,6,8,12,14H,4-5,7H2,1H3. The number of hydrogen-bond donors (Lipinski definition) is 1. The van der Waals surface area contributed by atoms with Crippen molar-refractivity contribution in [1.82, 2.24) is 0 Å². The molecular weight excluding hydrogens is 272 g/mol. The molecule has 0 aromatic heterocycles. The third kappa shape index (κ3) is 2.39. The second kappa shape index (κ2) is 5.17. The van der Waals surface area contributed by atoms with E-state index in [0.29, 0.717) is 6.61 Å². The van der Waals surface area contributed by atoms with Crippen molar-refractivity contribution in [3.8, 4) is 5.75 Å².